The predicted octanol–water partition coefficient (Wildman–Crippen LogP) is 4.27. The van der Waals surface area contributed by atoms with Gasteiger partial charge in [-0.15, -0.1) is 11.8 Å². The highest BCUT2D eigenvalue weighted by atomic mass is 79.9. The first-order chi connectivity index (χ1) is 10.0. The Morgan fingerprint density at radius 1 is 1.33 bits per heavy atom. The Bertz CT molecular complexity index is 532. The van der Waals surface area contributed by atoms with E-state index >= 15 is 0 Å². The molecule has 1 aromatic carbocycles. The van der Waals surface area contributed by atoms with Crippen molar-refractivity contribution in [1.82, 2.24) is 5.32 Å². The van der Waals surface area contributed by atoms with Crippen molar-refractivity contribution in [2.45, 2.75) is 54.7 Å². The highest BCUT2D eigenvalue weighted by Crippen LogP contribution is 2.29. The number of halogens is 1. The highest BCUT2D eigenvalue weighted by Gasteiger charge is 2.34. The lowest BCUT2D eigenvalue weighted by molar-refractivity contribution is -0.121. The Labute approximate surface area is 138 Å². The van der Waals surface area contributed by atoms with E-state index in [0.717, 1.165) is 41.5 Å². The Balaban J connectivity index is 1.95. The summed E-state index contributed by atoms with van der Waals surface area (Å²) in [4.78, 5) is 13.4. The van der Waals surface area contributed by atoms with Crippen molar-refractivity contribution in [2.75, 3.05) is 0 Å². The number of rotatable bonds is 4. The van der Waals surface area contributed by atoms with E-state index in [-0.39, 0.29) is 11.2 Å². The second-order valence-corrected chi connectivity index (χ2v) is 7.79. The van der Waals surface area contributed by atoms with Crippen LogP contribution in [-0.4, -0.2) is 16.7 Å². The van der Waals surface area contributed by atoms with Crippen molar-refractivity contribution >= 4 is 33.6 Å². The van der Waals surface area contributed by atoms with E-state index in [1.54, 1.807) is 0 Å². The molecule has 3 nitrogen and oxygen atoms in total. The summed E-state index contributed by atoms with van der Waals surface area (Å²) >= 11 is 4.91. The van der Waals surface area contributed by atoms with Gasteiger partial charge in [-0.3, -0.25) is 4.79 Å². The van der Waals surface area contributed by atoms with Crippen molar-refractivity contribution in [1.29, 1.82) is 5.26 Å². The van der Waals surface area contributed by atoms with Gasteiger partial charge in [-0.25, -0.2) is 0 Å². The molecule has 1 aliphatic rings. The molecule has 1 aromatic rings. The van der Waals surface area contributed by atoms with Crippen LogP contribution in [0.1, 0.15) is 39.0 Å². The summed E-state index contributed by atoms with van der Waals surface area (Å²) in [5.74, 6) is -0.0497. The van der Waals surface area contributed by atoms with Crippen molar-refractivity contribution < 1.29 is 4.79 Å². The number of carbonyl (C=O) groups is 1. The molecule has 1 saturated carbocycles. The van der Waals surface area contributed by atoms with Crippen LogP contribution in [0.25, 0.3) is 0 Å². The zero-order chi connectivity index (χ0) is 15.3. The summed E-state index contributed by atoms with van der Waals surface area (Å²) < 4.78 is 1.02. The fourth-order valence-corrected chi connectivity index (χ4v) is 3.66. The summed E-state index contributed by atoms with van der Waals surface area (Å²) in [6.45, 7) is 1.88. The normalized spacial score (nSPS) is 18.5. The van der Waals surface area contributed by atoms with Crippen LogP contribution >= 0.6 is 27.7 Å². The third-order valence-electron chi connectivity index (χ3n) is 3.78. The van der Waals surface area contributed by atoms with Gasteiger partial charge < -0.3 is 5.32 Å². The predicted molar refractivity (Wildman–Crippen MR) is 89.0 cm³/mol. The second-order valence-electron chi connectivity index (χ2n) is 5.46. The standard InChI is InChI=1S/C16H19BrN2OS/c1-12(21-14-7-5-13(17)6-8-14)15(20)19-16(11-18)9-3-2-4-10-16/h5-8,12H,2-4,9-10H2,1H3,(H,19,20)/t12-/m1/s1. The van der Waals surface area contributed by atoms with Crippen LogP contribution in [0.5, 0.6) is 0 Å². The molecule has 1 aliphatic carbocycles. The number of amides is 1. The number of benzene rings is 1. The largest absolute Gasteiger partial charge is 0.337 e. The number of hydrogen-bond donors (Lipinski definition) is 1. The lowest BCUT2D eigenvalue weighted by Crippen LogP contribution is -2.50. The van der Waals surface area contributed by atoms with E-state index in [4.69, 9.17) is 0 Å². The van der Waals surface area contributed by atoms with Crippen LogP contribution in [0.4, 0.5) is 0 Å². The first-order valence-corrected chi connectivity index (χ1v) is 8.87. The van der Waals surface area contributed by atoms with Crippen molar-refractivity contribution in [2.24, 2.45) is 0 Å². The van der Waals surface area contributed by atoms with E-state index < -0.39 is 5.54 Å². The average Bonchev–Trinajstić information content (AvgIpc) is 2.50. The molecule has 1 amide bonds. The van der Waals surface area contributed by atoms with E-state index in [1.807, 2.05) is 31.2 Å². The number of thioether (sulfide) groups is 1. The van der Waals surface area contributed by atoms with Crippen LogP contribution in [0.15, 0.2) is 33.6 Å². The van der Waals surface area contributed by atoms with Crippen LogP contribution in [0, 0.1) is 11.3 Å². The van der Waals surface area contributed by atoms with Gasteiger partial charge in [0, 0.05) is 9.37 Å². The lowest BCUT2D eigenvalue weighted by atomic mass is 9.83. The maximum Gasteiger partial charge on any atom is 0.234 e. The zero-order valence-corrected chi connectivity index (χ0v) is 14.5. The fourth-order valence-electron chi connectivity index (χ4n) is 2.53. The molecule has 0 aliphatic heterocycles. The van der Waals surface area contributed by atoms with Crippen LogP contribution in [0.3, 0.4) is 0 Å². The van der Waals surface area contributed by atoms with Gasteiger partial charge in [-0.2, -0.15) is 5.26 Å². The molecule has 112 valence electrons. The van der Waals surface area contributed by atoms with E-state index in [2.05, 4.69) is 27.3 Å². The number of carbonyl (C=O) groups excluding carboxylic acids is 1. The summed E-state index contributed by atoms with van der Waals surface area (Å²) in [5.41, 5.74) is -0.649. The topological polar surface area (TPSA) is 52.9 Å². The summed E-state index contributed by atoms with van der Waals surface area (Å²) in [5, 5.41) is 12.2. The molecule has 21 heavy (non-hydrogen) atoms. The third kappa shape index (κ3) is 4.49. The summed E-state index contributed by atoms with van der Waals surface area (Å²) in [7, 11) is 0. The Morgan fingerprint density at radius 3 is 2.52 bits per heavy atom. The minimum atomic E-state index is -0.649. The van der Waals surface area contributed by atoms with Crippen molar-refractivity contribution in [3.05, 3.63) is 28.7 Å². The van der Waals surface area contributed by atoms with Gasteiger partial charge in [-0.05, 0) is 44.0 Å². The smallest absolute Gasteiger partial charge is 0.234 e. The van der Waals surface area contributed by atoms with E-state index in [9.17, 15) is 10.1 Å². The van der Waals surface area contributed by atoms with Crippen LogP contribution in [0.2, 0.25) is 0 Å². The van der Waals surface area contributed by atoms with Crippen molar-refractivity contribution in [3.8, 4) is 6.07 Å². The molecule has 0 bridgehead atoms. The molecular formula is C16H19BrN2OS. The second kappa shape index (κ2) is 7.33. The first-order valence-electron chi connectivity index (χ1n) is 7.20. The van der Waals surface area contributed by atoms with Gasteiger partial charge in [0.05, 0.1) is 11.3 Å². The quantitative estimate of drug-likeness (QED) is 0.809. The molecular weight excluding hydrogens is 348 g/mol. The number of nitrogens with one attached hydrogen (secondary N) is 1. The third-order valence-corrected chi connectivity index (χ3v) is 5.42. The minimum absolute atomic E-state index is 0.0497. The van der Waals surface area contributed by atoms with Gasteiger partial charge in [0.15, 0.2) is 0 Å². The van der Waals surface area contributed by atoms with Gasteiger partial charge in [0.2, 0.25) is 5.91 Å². The number of hydrogen-bond acceptors (Lipinski definition) is 3. The molecule has 1 atom stereocenters. The number of nitriles is 1. The molecule has 0 unspecified atom stereocenters. The Morgan fingerprint density at radius 2 is 1.95 bits per heavy atom. The SMILES string of the molecule is C[C@@H](Sc1ccc(Br)cc1)C(=O)NC1(C#N)CCCCC1. The van der Waals surface area contributed by atoms with E-state index in [1.165, 1.54) is 11.8 Å². The fraction of sp³-hybridized carbons (Fsp3) is 0.500. The van der Waals surface area contributed by atoms with Crippen LogP contribution in [-0.2, 0) is 4.79 Å². The molecule has 1 fully saturated rings. The average molecular weight is 367 g/mol. The summed E-state index contributed by atoms with van der Waals surface area (Å²) in [6, 6.07) is 10.2. The van der Waals surface area contributed by atoms with Gasteiger partial charge in [0.1, 0.15) is 5.54 Å². The van der Waals surface area contributed by atoms with Gasteiger partial charge in [0.25, 0.3) is 0 Å². The molecule has 0 saturated heterocycles. The monoisotopic (exact) mass is 366 g/mol. The van der Waals surface area contributed by atoms with Gasteiger partial charge in [-0.1, -0.05) is 35.2 Å². The van der Waals surface area contributed by atoms with Crippen LogP contribution < -0.4 is 5.32 Å². The molecule has 0 spiro atoms. The molecule has 2 rings (SSSR count). The number of nitrogens with zero attached hydrogens (tertiary/aromatic N) is 1. The van der Waals surface area contributed by atoms with Gasteiger partial charge >= 0.3 is 0 Å². The highest BCUT2D eigenvalue weighted by molar-refractivity contribution is 9.10. The molecule has 1 N–H and O–H groups in total. The first kappa shape index (κ1) is 16.4. The molecule has 0 aromatic heterocycles. The lowest BCUT2D eigenvalue weighted by Gasteiger charge is -2.32. The Kier molecular flexibility index (Phi) is 5.72. The molecule has 0 radical (unpaired) electrons. The van der Waals surface area contributed by atoms with Crippen molar-refractivity contribution in [3.63, 3.8) is 0 Å². The summed E-state index contributed by atoms with van der Waals surface area (Å²) in [6.07, 6.45) is 4.72. The maximum absolute atomic E-state index is 12.4. The zero-order valence-electron chi connectivity index (χ0n) is 12.1. The minimum Gasteiger partial charge on any atom is -0.337 e. The maximum atomic E-state index is 12.4. The molecule has 0 heterocycles. The molecule has 5 heteroatoms. The Hall–Kier alpha value is -0.990. The van der Waals surface area contributed by atoms with E-state index in [0.29, 0.717) is 0 Å².